The van der Waals surface area contributed by atoms with E-state index in [1.54, 1.807) is 0 Å². The molecule has 1 atom stereocenters. The average Bonchev–Trinajstić information content (AvgIpc) is 3.65. The van der Waals surface area contributed by atoms with Gasteiger partial charge >= 0.3 is 0 Å². The maximum Gasteiger partial charge on any atom is 0.140 e. The fraction of sp³-hybridized carbons (Fsp3) is 0.0339. The number of ether oxygens (including phenoxy) is 1. The third kappa shape index (κ3) is 5.70. The number of rotatable bonds is 6. The minimum Gasteiger partial charge on any atom is -0.456 e. The molecule has 1 N–H and O–H groups in total. The molecule has 12 rings (SSSR count). The Balaban J connectivity index is 0.961. The number of fused-ring (bicyclic) bond motifs is 9. The number of hydrogen-bond acceptors (Lipinski definition) is 3. The number of benzene rings is 9. The Morgan fingerprint density at radius 1 is 0.387 bits per heavy atom. The molecule has 292 valence electrons. The molecule has 0 amide bonds. The molecule has 9 aromatic rings. The Morgan fingerprint density at radius 3 is 1.61 bits per heavy atom. The lowest BCUT2D eigenvalue weighted by atomic mass is 9.65. The summed E-state index contributed by atoms with van der Waals surface area (Å²) in [5, 5.41) is 3.80. The highest BCUT2D eigenvalue weighted by Gasteiger charge is 2.51. The predicted octanol–water partition coefficient (Wildman–Crippen LogP) is 14.3. The van der Waals surface area contributed by atoms with Crippen LogP contribution in [-0.2, 0) is 5.41 Å². The lowest BCUT2D eigenvalue weighted by Crippen LogP contribution is -2.32. The molecule has 0 saturated carbocycles. The molecule has 1 unspecified atom stereocenters. The van der Waals surface area contributed by atoms with Gasteiger partial charge in [0.2, 0.25) is 0 Å². The maximum atomic E-state index is 7.02. The van der Waals surface area contributed by atoms with Crippen molar-refractivity contribution in [3.8, 4) is 56.0 Å². The minimum absolute atomic E-state index is 0.0639. The highest BCUT2D eigenvalue weighted by atomic mass is 16.5. The fourth-order valence-corrected chi connectivity index (χ4v) is 10.1. The maximum absolute atomic E-state index is 7.02. The van der Waals surface area contributed by atoms with E-state index in [1.807, 2.05) is 0 Å². The molecular formula is C59H40N2O. The summed E-state index contributed by atoms with van der Waals surface area (Å²) in [5.41, 5.74) is 17.9. The lowest BCUT2D eigenvalue weighted by Gasteiger charge is -2.40. The van der Waals surface area contributed by atoms with E-state index in [2.05, 4.69) is 236 Å². The SMILES string of the molecule is C1=C(c2ccccc2-c2ccccc2)N=C(c2cccc(-c3cccc(-c4cccc5c4Oc4ccccc4C54c5ccccc5-c5ccccc54)c3)c2)NC1c1ccccc1. The van der Waals surface area contributed by atoms with Crippen LogP contribution in [0.1, 0.15) is 45.0 Å². The van der Waals surface area contributed by atoms with Gasteiger partial charge in [-0.3, -0.25) is 0 Å². The molecule has 0 aromatic heterocycles. The molecule has 62 heavy (non-hydrogen) atoms. The van der Waals surface area contributed by atoms with E-state index >= 15 is 0 Å². The Hall–Kier alpha value is -8.01. The molecule has 0 saturated heterocycles. The van der Waals surface area contributed by atoms with Crippen LogP contribution in [0.2, 0.25) is 0 Å². The van der Waals surface area contributed by atoms with Crippen LogP contribution in [0.4, 0.5) is 0 Å². The molecule has 1 aliphatic carbocycles. The molecule has 3 nitrogen and oxygen atoms in total. The van der Waals surface area contributed by atoms with Crippen molar-refractivity contribution < 1.29 is 4.74 Å². The van der Waals surface area contributed by atoms with Crippen LogP contribution in [0.5, 0.6) is 11.5 Å². The van der Waals surface area contributed by atoms with Gasteiger partial charge in [0.25, 0.3) is 0 Å². The zero-order chi connectivity index (χ0) is 41.0. The van der Waals surface area contributed by atoms with Gasteiger partial charge in [-0.1, -0.05) is 206 Å². The summed E-state index contributed by atoms with van der Waals surface area (Å²) >= 11 is 0. The second-order valence-corrected chi connectivity index (χ2v) is 16.2. The van der Waals surface area contributed by atoms with Crippen molar-refractivity contribution in [1.82, 2.24) is 5.32 Å². The van der Waals surface area contributed by atoms with E-state index < -0.39 is 5.41 Å². The Morgan fingerprint density at radius 2 is 0.887 bits per heavy atom. The number of para-hydroxylation sites is 2. The Kier molecular flexibility index (Phi) is 8.46. The molecule has 0 bridgehead atoms. The predicted molar refractivity (Wildman–Crippen MR) is 253 cm³/mol. The summed E-state index contributed by atoms with van der Waals surface area (Å²) in [6.45, 7) is 0. The van der Waals surface area contributed by atoms with E-state index in [0.29, 0.717) is 0 Å². The van der Waals surface area contributed by atoms with E-state index in [4.69, 9.17) is 9.73 Å². The van der Waals surface area contributed by atoms with Crippen LogP contribution in [0.15, 0.2) is 236 Å². The highest BCUT2D eigenvalue weighted by Crippen LogP contribution is 2.63. The van der Waals surface area contributed by atoms with Gasteiger partial charge in [-0.2, -0.15) is 0 Å². The number of hydrogen-bond donors (Lipinski definition) is 1. The van der Waals surface area contributed by atoms with Gasteiger partial charge in [0, 0.05) is 27.8 Å². The normalized spacial score (nSPS) is 15.2. The monoisotopic (exact) mass is 792 g/mol. The molecule has 3 aliphatic rings. The molecule has 9 aromatic carbocycles. The third-order valence-electron chi connectivity index (χ3n) is 12.8. The Bertz CT molecular complexity index is 3210. The second-order valence-electron chi connectivity index (χ2n) is 16.2. The standard InChI is InChI=1S/C59H40N2O/c1-3-18-39(19-4-1)45-26-7-8-29-49(45)55-38-54(40-20-5-2-6-21-40)60-58(61-55)44-25-16-23-42(37-44)41-22-15-24-43(36-41)46-30-17-34-53-57(46)62-56-35-14-13-33-52(56)59(53)50-31-11-9-27-47(50)48-28-10-12-32-51(48)59/h1-38,54H,(H,60,61). The third-order valence-corrected chi connectivity index (χ3v) is 12.8. The van der Waals surface area contributed by atoms with Crippen molar-refractivity contribution in [3.05, 3.63) is 269 Å². The van der Waals surface area contributed by atoms with E-state index in [1.165, 1.54) is 38.9 Å². The lowest BCUT2D eigenvalue weighted by molar-refractivity contribution is 0.438. The summed E-state index contributed by atoms with van der Waals surface area (Å²) in [6.07, 6.45) is 2.25. The van der Waals surface area contributed by atoms with E-state index in [0.717, 1.165) is 67.5 Å². The van der Waals surface area contributed by atoms with Crippen molar-refractivity contribution in [2.45, 2.75) is 11.5 Å². The highest BCUT2D eigenvalue weighted by molar-refractivity contribution is 6.05. The topological polar surface area (TPSA) is 33.6 Å². The molecule has 3 heteroatoms. The average molecular weight is 793 g/mol. The van der Waals surface area contributed by atoms with Gasteiger partial charge in [-0.05, 0) is 79.9 Å². The first-order chi connectivity index (χ1) is 30.7. The minimum atomic E-state index is -0.514. The summed E-state index contributed by atoms with van der Waals surface area (Å²) in [7, 11) is 0. The second kappa shape index (κ2) is 14.6. The summed E-state index contributed by atoms with van der Waals surface area (Å²) in [4.78, 5) is 5.37. The van der Waals surface area contributed by atoms with Gasteiger partial charge in [0.1, 0.15) is 17.3 Å². The first-order valence-corrected chi connectivity index (χ1v) is 21.3. The van der Waals surface area contributed by atoms with Crippen LogP contribution in [0, 0.1) is 0 Å². The first-order valence-electron chi connectivity index (χ1n) is 21.3. The van der Waals surface area contributed by atoms with Crippen molar-refractivity contribution >= 4 is 11.5 Å². The molecule has 0 radical (unpaired) electrons. The molecular weight excluding hydrogens is 753 g/mol. The summed E-state index contributed by atoms with van der Waals surface area (Å²) in [5.74, 6) is 2.62. The zero-order valence-electron chi connectivity index (χ0n) is 33.9. The molecule has 2 heterocycles. The van der Waals surface area contributed by atoms with Crippen LogP contribution in [0.3, 0.4) is 0 Å². The van der Waals surface area contributed by atoms with E-state index in [9.17, 15) is 0 Å². The zero-order valence-corrected chi connectivity index (χ0v) is 33.9. The number of nitrogens with one attached hydrogen (secondary N) is 1. The van der Waals surface area contributed by atoms with Gasteiger partial charge < -0.3 is 10.1 Å². The van der Waals surface area contributed by atoms with E-state index in [-0.39, 0.29) is 6.04 Å². The number of aliphatic imine (C=N–C) groups is 1. The molecule has 2 aliphatic heterocycles. The smallest absolute Gasteiger partial charge is 0.140 e. The fourth-order valence-electron chi connectivity index (χ4n) is 10.1. The van der Waals surface area contributed by atoms with Crippen LogP contribution >= 0.6 is 0 Å². The number of amidine groups is 1. The molecule has 1 spiro atoms. The van der Waals surface area contributed by atoms with Crippen molar-refractivity contribution in [1.29, 1.82) is 0 Å². The number of nitrogens with zero attached hydrogens (tertiary/aromatic N) is 1. The summed E-state index contributed by atoms with van der Waals surface area (Å²) in [6, 6.07) is 80.3. The van der Waals surface area contributed by atoms with Gasteiger partial charge in [0.15, 0.2) is 0 Å². The van der Waals surface area contributed by atoms with Crippen LogP contribution in [0.25, 0.3) is 50.2 Å². The quantitative estimate of drug-likeness (QED) is 0.182. The largest absolute Gasteiger partial charge is 0.456 e. The van der Waals surface area contributed by atoms with Crippen molar-refractivity contribution in [3.63, 3.8) is 0 Å². The van der Waals surface area contributed by atoms with Crippen LogP contribution in [-0.4, -0.2) is 5.84 Å². The van der Waals surface area contributed by atoms with Gasteiger partial charge in [0.05, 0.1) is 17.2 Å². The van der Waals surface area contributed by atoms with Crippen molar-refractivity contribution in [2.24, 2.45) is 4.99 Å². The summed E-state index contributed by atoms with van der Waals surface area (Å²) < 4.78 is 7.02. The van der Waals surface area contributed by atoms with Crippen molar-refractivity contribution in [2.75, 3.05) is 0 Å². The Labute approximate surface area is 362 Å². The van der Waals surface area contributed by atoms with Crippen LogP contribution < -0.4 is 10.1 Å². The first kappa shape index (κ1) is 35.9. The molecule has 0 fully saturated rings. The van der Waals surface area contributed by atoms with Gasteiger partial charge in [-0.15, -0.1) is 0 Å². The van der Waals surface area contributed by atoms with Gasteiger partial charge in [-0.25, -0.2) is 4.99 Å².